The van der Waals surface area contributed by atoms with Crippen LogP contribution in [0.15, 0.2) is 53.4 Å². The van der Waals surface area contributed by atoms with Crippen molar-refractivity contribution in [1.29, 1.82) is 0 Å². The smallest absolute Gasteiger partial charge is 0.251 e. The van der Waals surface area contributed by atoms with E-state index in [2.05, 4.69) is 29.6 Å². The second-order valence-corrected chi connectivity index (χ2v) is 9.16. The van der Waals surface area contributed by atoms with Crippen LogP contribution in [0.1, 0.15) is 40.4 Å². The highest BCUT2D eigenvalue weighted by molar-refractivity contribution is 7.89. The Morgan fingerprint density at radius 1 is 1.04 bits per heavy atom. The fourth-order valence-electron chi connectivity index (χ4n) is 2.89. The number of benzene rings is 2. The Morgan fingerprint density at radius 3 is 2.12 bits per heavy atom. The number of aryl methyl sites for hydroxylation is 1. The standard InChI is InChI=1S/C20H24N2O3S/c1-14-4-6-15(7-5-14)19(16-8-9-16)21-20(23)17-10-12-18(13-11-17)26(24,25)22(2)3/h4-7,10-13,16,19H,8-9H2,1-3H3,(H,21,23)/t19-/m1/s1. The van der Waals surface area contributed by atoms with Crippen molar-refractivity contribution in [3.63, 3.8) is 0 Å². The molecule has 1 saturated carbocycles. The van der Waals surface area contributed by atoms with E-state index in [1.165, 1.54) is 31.8 Å². The molecule has 1 aliphatic rings. The number of nitrogens with zero attached hydrogens (tertiary/aromatic N) is 1. The second-order valence-electron chi connectivity index (χ2n) is 7.01. The van der Waals surface area contributed by atoms with Crippen molar-refractivity contribution in [3.05, 3.63) is 65.2 Å². The summed E-state index contributed by atoms with van der Waals surface area (Å²) in [4.78, 5) is 12.8. The van der Waals surface area contributed by atoms with Crippen LogP contribution in [0.4, 0.5) is 0 Å². The van der Waals surface area contributed by atoms with Gasteiger partial charge in [-0.1, -0.05) is 29.8 Å². The number of carbonyl (C=O) groups is 1. The molecule has 0 spiro atoms. The van der Waals surface area contributed by atoms with Gasteiger partial charge in [0.25, 0.3) is 5.91 Å². The Bertz CT molecular complexity index is 884. The molecule has 0 heterocycles. The van der Waals surface area contributed by atoms with Crippen LogP contribution in [0.3, 0.4) is 0 Å². The van der Waals surface area contributed by atoms with Crippen LogP contribution in [0, 0.1) is 12.8 Å². The van der Waals surface area contributed by atoms with Crippen LogP contribution in [0.2, 0.25) is 0 Å². The van der Waals surface area contributed by atoms with E-state index in [1.54, 1.807) is 12.1 Å². The molecule has 26 heavy (non-hydrogen) atoms. The predicted octanol–water partition coefficient (Wildman–Crippen LogP) is 3.13. The second kappa shape index (κ2) is 7.21. The summed E-state index contributed by atoms with van der Waals surface area (Å²) in [5.41, 5.74) is 2.76. The molecule has 1 atom stereocenters. The molecule has 1 N–H and O–H groups in total. The summed E-state index contributed by atoms with van der Waals surface area (Å²) < 4.78 is 25.4. The number of sulfonamides is 1. The molecule has 0 aromatic heterocycles. The monoisotopic (exact) mass is 372 g/mol. The molecule has 3 rings (SSSR count). The molecule has 1 amide bonds. The predicted molar refractivity (Wildman–Crippen MR) is 101 cm³/mol. The summed E-state index contributed by atoms with van der Waals surface area (Å²) in [7, 11) is -0.524. The summed E-state index contributed by atoms with van der Waals surface area (Å²) in [5.74, 6) is 0.284. The highest BCUT2D eigenvalue weighted by Crippen LogP contribution is 2.41. The van der Waals surface area contributed by atoms with Gasteiger partial charge >= 0.3 is 0 Å². The van der Waals surface area contributed by atoms with Crippen LogP contribution in [0.25, 0.3) is 0 Å². The van der Waals surface area contributed by atoms with Crippen molar-refractivity contribution in [2.24, 2.45) is 5.92 Å². The minimum absolute atomic E-state index is 0.00622. The minimum atomic E-state index is -3.49. The van der Waals surface area contributed by atoms with Gasteiger partial charge in [-0.25, -0.2) is 12.7 Å². The maximum Gasteiger partial charge on any atom is 0.251 e. The summed E-state index contributed by atoms with van der Waals surface area (Å²) in [6.45, 7) is 2.04. The quantitative estimate of drug-likeness (QED) is 0.847. The third-order valence-corrected chi connectivity index (χ3v) is 6.54. The zero-order valence-electron chi connectivity index (χ0n) is 15.3. The first-order valence-corrected chi connectivity index (χ1v) is 10.1. The van der Waals surface area contributed by atoms with Gasteiger partial charge in [0.1, 0.15) is 0 Å². The fourth-order valence-corrected chi connectivity index (χ4v) is 3.79. The zero-order chi connectivity index (χ0) is 18.9. The minimum Gasteiger partial charge on any atom is -0.345 e. The van der Waals surface area contributed by atoms with Crippen LogP contribution in [0.5, 0.6) is 0 Å². The summed E-state index contributed by atoms with van der Waals surface area (Å²) in [6.07, 6.45) is 2.22. The van der Waals surface area contributed by atoms with Crippen LogP contribution in [-0.2, 0) is 10.0 Å². The van der Waals surface area contributed by atoms with Crippen molar-refractivity contribution in [2.45, 2.75) is 30.7 Å². The molecular formula is C20H24N2O3S. The van der Waals surface area contributed by atoms with E-state index in [1.807, 2.05) is 6.92 Å². The van der Waals surface area contributed by atoms with Crippen molar-refractivity contribution >= 4 is 15.9 Å². The Balaban J connectivity index is 1.77. The van der Waals surface area contributed by atoms with Gasteiger partial charge in [0, 0.05) is 19.7 Å². The third-order valence-electron chi connectivity index (χ3n) is 4.71. The van der Waals surface area contributed by atoms with Gasteiger partial charge in [0.15, 0.2) is 0 Å². The van der Waals surface area contributed by atoms with Crippen molar-refractivity contribution < 1.29 is 13.2 Å². The SMILES string of the molecule is Cc1ccc([C@@H](NC(=O)c2ccc(S(=O)(=O)N(C)C)cc2)C2CC2)cc1. The Hall–Kier alpha value is -2.18. The van der Waals surface area contributed by atoms with Crippen LogP contribution < -0.4 is 5.32 Å². The number of amides is 1. The van der Waals surface area contributed by atoms with Crippen molar-refractivity contribution in [3.8, 4) is 0 Å². The normalized spacial score (nSPS) is 15.7. The number of nitrogens with one attached hydrogen (secondary N) is 1. The third kappa shape index (κ3) is 3.97. The highest BCUT2D eigenvalue weighted by Gasteiger charge is 2.33. The summed E-state index contributed by atoms with van der Waals surface area (Å²) in [6, 6.07) is 14.3. The molecule has 138 valence electrons. The summed E-state index contributed by atoms with van der Waals surface area (Å²) >= 11 is 0. The molecule has 0 saturated heterocycles. The topological polar surface area (TPSA) is 66.5 Å². The van der Waals surface area contributed by atoms with Crippen LogP contribution in [-0.4, -0.2) is 32.7 Å². The Morgan fingerprint density at radius 2 is 1.62 bits per heavy atom. The molecule has 1 fully saturated rings. The van der Waals surface area contributed by atoms with E-state index >= 15 is 0 Å². The number of rotatable bonds is 6. The fraction of sp³-hybridized carbons (Fsp3) is 0.350. The number of hydrogen-bond acceptors (Lipinski definition) is 3. The molecule has 2 aromatic carbocycles. The van der Waals surface area contributed by atoms with E-state index < -0.39 is 10.0 Å². The molecule has 0 radical (unpaired) electrons. The molecule has 5 nitrogen and oxygen atoms in total. The first-order valence-electron chi connectivity index (χ1n) is 8.69. The van der Waals surface area contributed by atoms with Gasteiger partial charge in [-0.3, -0.25) is 4.79 Å². The van der Waals surface area contributed by atoms with E-state index in [0.29, 0.717) is 11.5 Å². The molecule has 0 bridgehead atoms. The lowest BCUT2D eigenvalue weighted by Gasteiger charge is -2.19. The molecule has 2 aromatic rings. The Kier molecular flexibility index (Phi) is 5.16. The zero-order valence-corrected chi connectivity index (χ0v) is 16.1. The molecular weight excluding hydrogens is 348 g/mol. The lowest BCUT2D eigenvalue weighted by molar-refractivity contribution is 0.0931. The van der Waals surface area contributed by atoms with E-state index in [-0.39, 0.29) is 16.8 Å². The average molecular weight is 372 g/mol. The Labute approximate surface area is 155 Å². The van der Waals surface area contributed by atoms with E-state index in [0.717, 1.165) is 22.7 Å². The number of hydrogen-bond donors (Lipinski definition) is 1. The first-order chi connectivity index (χ1) is 12.3. The lowest BCUT2D eigenvalue weighted by Crippen LogP contribution is -2.30. The van der Waals surface area contributed by atoms with Crippen LogP contribution >= 0.6 is 0 Å². The number of carbonyl (C=O) groups excluding carboxylic acids is 1. The highest BCUT2D eigenvalue weighted by atomic mass is 32.2. The maximum atomic E-state index is 12.7. The van der Waals surface area contributed by atoms with Crippen molar-refractivity contribution in [1.82, 2.24) is 9.62 Å². The lowest BCUT2D eigenvalue weighted by atomic mass is 10.0. The maximum absolute atomic E-state index is 12.7. The van der Waals surface area contributed by atoms with Crippen molar-refractivity contribution in [2.75, 3.05) is 14.1 Å². The van der Waals surface area contributed by atoms with Gasteiger partial charge < -0.3 is 5.32 Å². The molecule has 0 unspecified atom stereocenters. The summed E-state index contributed by atoms with van der Waals surface area (Å²) in [5, 5.41) is 3.11. The molecule has 6 heteroatoms. The van der Waals surface area contributed by atoms with Gasteiger partial charge in [0.2, 0.25) is 10.0 Å². The van der Waals surface area contributed by atoms with E-state index in [9.17, 15) is 13.2 Å². The first kappa shape index (κ1) is 18.6. The molecule has 1 aliphatic carbocycles. The van der Waals surface area contributed by atoms with Gasteiger partial charge in [-0.2, -0.15) is 0 Å². The largest absolute Gasteiger partial charge is 0.345 e. The van der Waals surface area contributed by atoms with Gasteiger partial charge in [-0.15, -0.1) is 0 Å². The van der Waals surface area contributed by atoms with Gasteiger partial charge in [0.05, 0.1) is 10.9 Å². The van der Waals surface area contributed by atoms with E-state index in [4.69, 9.17) is 0 Å². The molecule has 0 aliphatic heterocycles. The average Bonchev–Trinajstić information content (AvgIpc) is 3.45. The van der Waals surface area contributed by atoms with Gasteiger partial charge in [-0.05, 0) is 55.5 Å².